The van der Waals surface area contributed by atoms with Crippen molar-refractivity contribution in [3.8, 4) is 5.75 Å². The van der Waals surface area contributed by atoms with E-state index in [1.807, 2.05) is 30.5 Å². The Labute approximate surface area is 181 Å². The van der Waals surface area contributed by atoms with E-state index >= 15 is 0 Å². The average Bonchev–Trinajstić information content (AvgIpc) is 3.33. The lowest BCUT2D eigenvalue weighted by Gasteiger charge is -2.29. The second-order valence-electron chi connectivity index (χ2n) is 8.32. The summed E-state index contributed by atoms with van der Waals surface area (Å²) >= 11 is 0. The second-order valence-corrected chi connectivity index (χ2v) is 8.32. The zero-order chi connectivity index (χ0) is 21.2. The molecule has 2 aliphatic rings. The van der Waals surface area contributed by atoms with Crippen molar-refractivity contribution >= 4 is 28.2 Å². The van der Waals surface area contributed by atoms with Crippen molar-refractivity contribution in [2.24, 2.45) is 0 Å². The van der Waals surface area contributed by atoms with Crippen LogP contribution in [0.5, 0.6) is 5.75 Å². The summed E-state index contributed by atoms with van der Waals surface area (Å²) in [7, 11) is 1.71. The number of nitrogens with zero attached hydrogens (tertiary/aromatic N) is 3. The summed E-state index contributed by atoms with van der Waals surface area (Å²) in [6, 6.07) is 9.25. The van der Waals surface area contributed by atoms with Gasteiger partial charge >= 0.3 is 0 Å². The van der Waals surface area contributed by atoms with Crippen molar-refractivity contribution in [1.29, 1.82) is 0 Å². The van der Waals surface area contributed by atoms with Crippen molar-refractivity contribution in [3.05, 3.63) is 47.9 Å². The van der Waals surface area contributed by atoms with Crippen LogP contribution in [-0.2, 0) is 0 Å². The number of rotatable bonds is 5. The third-order valence-corrected chi connectivity index (χ3v) is 6.40. The summed E-state index contributed by atoms with van der Waals surface area (Å²) in [4.78, 5) is 11.4. The molecule has 5 rings (SSSR count). The number of anilines is 3. The van der Waals surface area contributed by atoms with Crippen LogP contribution in [0.3, 0.4) is 0 Å². The minimum atomic E-state index is -0.235. The summed E-state index contributed by atoms with van der Waals surface area (Å²) in [5.41, 5.74) is 3.37. The fourth-order valence-electron chi connectivity index (χ4n) is 4.82. The molecule has 3 aromatic rings. The van der Waals surface area contributed by atoms with E-state index in [9.17, 15) is 4.39 Å². The van der Waals surface area contributed by atoms with Gasteiger partial charge in [0.25, 0.3) is 0 Å². The minimum absolute atomic E-state index is 0.235. The first-order valence-electron chi connectivity index (χ1n) is 11.1. The van der Waals surface area contributed by atoms with E-state index in [-0.39, 0.29) is 5.82 Å². The van der Waals surface area contributed by atoms with Crippen molar-refractivity contribution in [3.63, 3.8) is 0 Å². The van der Waals surface area contributed by atoms with Gasteiger partial charge in [-0.3, -0.25) is 0 Å². The number of methoxy groups -OCH3 is 1. The summed E-state index contributed by atoms with van der Waals surface area (Å²) in [5, 5.41) is 7.48. The normalized spacial score (nSPS) is 17.3. The van der Waals surface area contributed by atoms with Gasteiger partial charge in [0.15, 0.2) is 0 Å². The predicted molar refractivity (Wildman–Crippen MR) is 122 cm³/mol. The molecule has 0 atom stereocenters. The number of ether oxygens (including phenoxy) is 1. The summed E-state index contributed by atoms with van der Waals surface area (Å²) in [6.07, 6.45) is 6.61. The molecule has 31 heavy (non-hydrogen) atoms. The molecule has 1 saturated heterocycles. The van der Waals surface area contributed by atoms with Crippen molar-refractivity contribution in [1.82, 2.24) is 15.3 Å². The molecule has 0 spiro atoms. The Morgan fingerprint density at radius 1 is 1.13 bits per heavy atom. The Hall–Kier alpha value is -2.93. The van der Waals surface area contributed by atoms with Crippen LogP contribution >= 0.6 is 0 Å². The largest absolute Gasteiger partial charge is 0.496 e. The van der Waals surface area contributed by atoms with Gasteiger partial charge in [-0.1, -0.05) is 12.8 Å². The van der Waals surface area contributed by atoms with Gasteiger partial charge in [0.05, 0.1) is 18.3 Å². The summed E-state index contributed by atoms with van der Waals surface area (Å²) < 4.78 is 20.5. The molecule has 0 radical (unpaired) electrons. The Morgan fingerprint density at radius 2 is 1.94 bits per heavy atom. The molecule has 2 fully saturated rings. The number of hydrogen-bond donors (Lipinski definition) is 2. The third kappa shape index (κ3) is 4.02. The first kappa shape index (κ1) is 20.0. The molecule has 6 nitrogen and oxygen atoms in total. The lowest BCUT2D eigenvalue weighted by molar-refractivity contribution is 0.406. The molecule has 0 bridgehead atoms. The van der Waals surface area contributed by atoms with Crippen molar-refractivity contribution in [2.75, 3.05) is 43.5 Å². The van der Waals surface area contributed by atoms with Gasteiger partial charge in [-0.05, 0) is 49.1 Å². The summed E-state index contributed by atoms with van der Waals surface area (Å²) in [5.74, 6) is 1.57. The number of nitrogens with one attached hydrogen (secondary N) is 2. The summed E-state index contributed by atoms with van der Waals surface area (Å²) in [6.45, 7) is 3.36. The van der Waals surface area contributed by atoms with E-state index in [4.69, 9.17) is 9.72 Å². The minimum Gasteiger partial charge on any atom is -0.496 e. The second kappa shape index (κ2) is 8.67. The van der Waals surface area contributed by atoms with Crippen LogP contribution in [0.1, 0.15) is 37.2 Å². The van der Waals surface area contributed by atoms with Crippen LogP contribution in [0.25, 0.3) is 10.9 Å². The molecule has 2 N–H and O–H groups in total. The Kier molecular flexibility index (Phi) is 5.59. The van der Waals surface area contributed by atoms with E-state index in [1.54, 1.807) is 7.11 Å². The Morgan fingerprint density at radius 3 is 2.68 bits per heavy atom. The van der Waals surface area contributed by atoms with Gasteiger partial charge in [0.1, 0.15) is 11.6 Å². The maximum atomic E-state index is 14.8. The number of piperazine rings is 1. The highest BCUT2D eigenvalue weighted by Crippen LogP contribution is 2.42. The fourth-order valence-corrected chi connectivity index (χ4v) is 4.82. The highest BCUT2D eigenvalue weighted by Gasteiger charge is 2.24. The van der Waals surface area contributed by atoms with E-state index in [0.29, 0.717) is 23.2 Å². The van der Waals surface area contributed by atoms with Crippen LogP contribution < -0.4 is 20.3 Å². The first-order valence-corrected chi connectivity index (χ1v) is 11.1. The quantitative estimate of drug-likeness (QED) is 0.628. The van der Waals surface area contributed by atoms with E-state index in [2.05, 4.69) is 20.5 Å². The van der Waals surface area contributed by atoms with Gasteiger partial charge in [-0.2, -0.15) is 0 Å². The maximum absolute atomic E-state index is 14.8. The van der Waals surface area contributed by atoms with Gasteiger partial charge in [0.2, 0.25) is 5.95 Å². The molecule has 1 aromatic heterocycles. The van der Waals surface area contributed by atoms with Crippen LogP contribution in [-0.4, -0.2) is 43.3 Å². The Bertz CT molecular complexity index is 1080. The van der Waals surface area contributed by atoms with Gasteiger partial charge < -0.3 is 20.3 Å². The van der Waals surface area contributed by atoms with Gasteiger partial charge in [-0.25, -0.2) is 14.4 Å². The molecule has 1 aliphatic carbocycles. The highest BCUT2D eigenvalue weighted by atomic mass is 19.1. The van der Waals surface area contributed by atoms with Crippen LogP contribution in [0.2, 0.25) is 0 Å². The molecule has 0 unspecified atom stereocenters. The number of aromatic nitrogens is 2. The molecule has 2 heterocycles. The zero-order valence-electron chi connectivity index (χ0n) is 17.8. The van der Waals surface area contributed by atoms with Gasteiger partial charge in [-0.15, -0.1) is 0 Å². The number of benzene rings is 2. The zero-order valence-corrected chi connectivity index (χ0v) is 17.8. The van der Waals surface area contributed by atoms with Crippen molar-refractivity contribution in [2.45, 2.75) is 31.6 Å². The van der Waals surface area contributed by atoms with Crippen LogP contribution in [0.15, 0.2) is 36.5 Å². The fraction of sp³-hybridized carbons (Fsp3) is 0.417. The average molecular weight is 422 g/mol. The van der Waals surface area contributed by atoms with Crippen LogP contribution in [0.4, 0.5) is 21.7 Å². The van der Waals surface area contributed by atoms with E-state index < -0.39 is 0 Å². The molecule has 1 aliphatic heterocycles. The number of halogens is 1. The lowest BCUT2D eigenvalue weighted by atomic mass is 9.94. The molecule has 1 saturated carbocycles. The topological polar surface area (TPSA) is 62.3 Å². The first-order chi connectivity index (χ1) is 15.2. The van der Waals surface area contributed by atoms with E-state index in [1.165, 1.54) is 24.5 Å². The lowest BCUT2D eigenvalue weighted by Crippen LogP contribution is -2.43. The highest BCUT2D eigenvalue weighted by molar-refractivity contribution is 5.85. The molecule has 162 valence electrons. The number of fused-ring (bicyclic) bond motifs is 1. The molecular weight excluding hydrogens is 393 g/mol. The molecular formula is C24H28FN5O. The van der Waals surface area contributed by atoms with E-state index in [0.717, 1.165) is 55.7 Å². The van der Waals surface area contributed by atoms with Crippen LogP contribution in [0, 0.1) is 5.82 Å². The van der Waals surface area contributed by atoms with Crippen molar-refractivity contribution < 1.29 is 9.13 Å². The predicted octanol–water partition coefficient (Wildman–Crippen LogP) is 4.59. The SMILES string of the molecule is COc1ccc2cnc(Nc3ccc(N4CCNCC4)c(F)c3)nc2c1C1CCCC1. The standard InChI is InChI=1S/C24H28FN5O/c1-31-21-9-6-17-15-27-24(29-23(17)22(21)16-4-2-3-5-16)28-18-7-8-20(19(25)14-18)30-12-10-26-11-13-30/h6-9,14-16,26H,2-5,10-13H2,1H3,(H,27,28,29). The smallest absolute Gasteiger partial charge is 0.227 e. The van der Waals surface area contributed by atoms with Gasteiger partial charge in [0, 0.05) is 49.0 Å². The molecule has 0 amide bonds. The third-order valence-electron chi connectivity index (χ3n) is 6.40. The number of hydrogen-bond acceptors (Lipinski definition) is 6. The maximum Gasteiger partial charge on any atom is 0.227 e. The monoisotopic (exact) mass is 421 g/mol. The molecule has 7 heteroatoms. The Balaban J connectivity index is 1.45. The molecule has 2 aromatic carbocycles.